The Hall–Kier alpha value is -3.55. The van der Waals surface area contributed by atoms with Gasteiger partial charge in [-0.2, -0.15) is 0 Å². The van der Waals surface area contributed by atoms with Gasteiger partial charge in [0, 0.05) is 24.9 Å². The predicted octanol–water partition coefficient (Wildman–Crippen LogP) is 3.60. The fraction of sp³-hybridized carbons (Fsp3) is 0.444. The number of hydrogen-bond donors (Lipinski definition) is 0. The lowest BCUT2D eigenvalue weighted by Crippen LogP contribution is -2.46. The van der Waals surface area contributed by atoms with Crippen LogP contribution in [0, 0.1) is 16.7 Å². The Kier molecular flexibility index (Phi) is 6.25. The van der Waals surface area contributed by atoms with Crippen molar-refractivity contribution in [1.82, 2.24) is 9.88 Å². The van der Waals surface area contributed by atoms with Gasteiger partial charge in [0.05, 0.1) is 24.3 Å². The molecule has 2 aromatic rings. The number of aromatic nitrogens is 1. The highest BCUT2D eigenvalue weighted by molar-refractivity contribution is 6.23. The zero-order valence-corrected chi connectivity index (χ0v) is 20.8. The van der Waals surface area contributed by atoms with Crippen LogP contribution in [0.2, 0.25) is 0 Å². The average molecular weight is 478 g/mol. The largest absolute Gasteiger partial charge is 0.462 e. The molecule has 1 saturated heterocycles. The Balaban J connectivity index is 1.62. The summed E-state index contributed by atoms with van der Waals surface area (Å²) in [6.45, 7) is 10.4. The lowest BCUT2D eigenvalue weighted by molar-refractivity contribution is -0.141. The zero-order chi connectivity index (χ0) is 25.5. The van der Waals surface area contributed by atoms with Gasteiger partial charge in [0.2, 0.25) is 11.8 Å². The SMILES string of the molecule is CCOC(=O)c1ccc(N2C(=O)CC(N(Cc3cccnc3)C(=O)C3C(C)(C)C3(C)C)C2=O)cc1. The number of anilines is 1. The Morgan fingerprint density at radius 2 is 1.74 bits per heavy atom. The van der Waals surface area contributed by atoms with Crippen LogP contribution in [-0.2, 0) is 25.7 Å². The van der Waals surface area contributed by atoms with Crippen molar-refractivity contribution in [3.63, 3.8) is 0 Å². The van der Waals surface area contributed by atoms with Crippen molar-refractivity contribution in [2.24, 2.45) is 16.7 Å². The highest BCUT2D eigenvalue weighted by Gasteiger charge is 2.69. The van der Waals surface area contributed by atoms with Crippen molar-refractivity contribution in [1.29, 1.82) is 0 Å². The van der Waals surface area contributed by atoms with Crippen LogP contribution in [0.3, 0.4) is 0 Å². The van der Waals surface area contributed by atoms with E-state index >= 15 is 0 Å². The third-order valence-electron chi connectivity index (χ3n) is 7.76. The number of amides is 3. The number of nitrogens with zero attached hydrogens (tertiary/aromatic N) is 3. The van der Waals surface area contributed by atoms with Crippen molar-refractivity contribution >= 4 is 29.4 Å². The highest BCUT2D eigenvalue weighted by Crippen LogP contribution is 2.69. The Bertz CT molecular complexity index is 1140. The van der Waals surface area contributed by atoms with E-state index in [1.807, 2.05) is 6.07 Å². The smallest absolute Gasteiger partial charge is 0.338 e. The molecular formula is C27H31N3O5. The molecule has 4 rings (SSSR count). The van der Waals surface area contributed by atoms with Crippen LogP contribution < -0.4 is 4.90 Å². The molecule has 8 nitrogen and oxygen atoms in total. The van der Waals surface area contributed by atoms with Gasteiger partial charge in [-0.25, -0.2) is 9.69 Å². The standard InChI is InChI=1S/C27H31N3O5/c1-6-35-25(34)18-9-11-19(12-10-18)30-21(31)14-20(23(30)32)29(16-17-8-7-13-28-15-17)24(33)22-26(2,3)27(22,4)5/h7-13,15,20,22H,6,14,16H2,1-5H3. The van der Waals surface area contributed by atoms with Crippen LogP contribution in [0.25, 0.3) is 0 Å². The lowest BCUT2D eigenvalue weighted by atomic mass is 10.0. The molecule has 8 heteroatoms. The topological polar surface area (TPSA) is 96.9 Å². The van der Waals surface area contributed by atoms with E-state index in [4.69, 9.17) is 4.74 Å². The van der Waals surface area contributed by atoms with Gasteiger partial charge in [-0.3, -0.25) is 19.4 Å². The summed E-state index contributed by atoms with van der Waals surface area (Å²) in [5.74, 6) is -1.70. The van der Waals surface area contributed by atoms with Crippen LogP contribution in [0.5, 0.6) is 0 Å². The van der Waals surface area contributed by atoms with Gasteiger partial charge < -0.3 is 9.64 Å². The van der Waals surface area contributed by atoms with Crippen LogP contribution in [0.4, 0.5) is 5.69 Å². The van der Waals surface area contributed by atoms with Crippen molar-refractivity contribution in [2.45, 2.75) is 53.6 Å². The second-order valence-corrected chi connectivity index (χ2v) is 10.3. The van der Waals surface area contributed by atoms with Gasteiger partial charge in [0.1, 0.15) is 6.04 Å². The maximum absolute atomic E-state index is 13.8. The molecule has 35 heavy (non-hydrogen) atoms. The molecule has 0 bridgehead atoms. The first-order valence-electron chi connectivity index (χ1n) is 11.8. The van der Waals surface area contributed by atoms with Crippen molar-refractivity contribution < 1.29 is 23.9 Å². The van der Waals surface area contributed by atoms with Crippen molar-refractivity contribution in [3.8, 4) is 0 Å². The van der Waals surface area contributed by atoms with Crippen LogP contribution in [0.15, 0.2) is 48.8 Å². The first kappa shape index (κ1) is 24.6. The molecule has 1 aliphatic carbocycles. The molecule has 1 atom stereocenters. The number of rotatable bonds is 7. The number of pyridine rings is 1. The zero-order valence-electron chi connectivity index (χ0n) is 20.8. The molecule has 1 saturated carbocycles. The number of ether oxygens (including phenoxy) is 1. The number of carbonyl (C=O) groups is 4. The molecule has 1 aromatic heterocycles. The summed E-state index contributed by atoms with van der Waals surface area (Å²) in [5, 5.41) is 0. The summed E-state index contributed by atoms with van der Waals surface area (Å²) in [5.41, 5.74) is 1.04. The number of benzene rings is 1. The van der Waals surface area contributed by atoms with Crippen LogP contribution in [0.1, 0.15) is 57.0 Å². The molecule has 2 heterocycles. The molecule has 0 radical (unpaired) electrons. The molecule has 0 N–H and O–H groups in total. The monoisotopic (exact) mass is 477 g/mol. The van der Waals surface area contributed by atoms with E-state index in [-0.39, 0.29) is 48.1 Å². The third kappa shape index (κ3) is 4.22. The minimum atomic E-state index is -0.910. The molecule has 1 unspecified atom stereocenters. The van der Waals surface area contributed by atoms with E-state index in [9.17, 15) is 19.2 Å². The average Bonchev–Trinajstić information content (AvgIpc) is 3.05. The van der Waals surface area contributed by atoms with Gasteiger partial charge >= 0.3 is 5.97 Å². The van der Waals surface area contributed by atoms with Gasteiger partial charge in [0.25, 0.3) is 5.91 Å². The summed E-state index contributed by atoms with van der Waals surface area (Å²) >= 11 is 0. The summed E-state index contributed by atoms with van der Waals surface area (Å²) < 4.78 is 4.99. The molecular weight excluding hydrogens is 446 g/mol. The third-order valence-corrected chi connectivity index (χ3v) is 7.76. The highest BCUT2D eigenvalue weighted by atomic mass is 16.5. The fourth-order valence-corrected chi connectivity index (χ4v) is 5.10. The van der Waals surface area contributed by atoms with E-state index in [1.165, 1.54) is 12.1 Å². The minimum Gasteiger partial charge on any atom is -0.462 e. The van der Waals surface area contributed by atoms with Gasteiger partial charge in [-0.15, -0.1) is 0 Å². The van der Waals surface area contributed by atoms with E-state index in [0.29, 0.717) is 11.3 Å². The molecule has 3 amide bonds. The van der Waals surface area contributed by atoms with E-state index < -0.39 is 17.9 Å². The molecule has 2 fully saturated rings. The molecule has 1 aliphatic heterocycles. The number of carbonyl (C=O) groups excluding carboxylic acids is 4. The maximum Gasteiger partial charge on any atom is 0.338 e. The Morgan fingerprint density at radius 1 is 1.09 bits per heavy atom. The summed E-state index contributed by atoms with van der Waals surface area (Å²) in [6.07, 6.45) is 3.21. The molecule has 2 aliphatic rings. The second-order valence-electron chi connectivity index (χ2n) is 10.3. The minimum absolute atomic E-state index is 0.0992. The maximum atomic E-state index is 13.8. The molecule has 1 aromatic carbocycles. The van der Waals surface area contributed by atoms with Crippen LogP contribution >= 0.6 is 0 Å². The predicted molar refractivity (Wildman–Crippen MR) is 129 cm³/mol. The van der Waals surface area contributed by atoms with E-state index in [1.54, 1.807) is 42.4 Å². The van der Waals surface area contributed by atoms with Gasteiger partial charge in [0.15, 0.2) is 0 Å². The van der Waals surface area contributed by atoms with E-state index in [2.05, 4.69) is 32.7 Å². The number of imide groups is 1. The van der Waals surface area contributed by atoms with Gasteiger partial charge in [-0.05, 0) is 53.6 Å². The fourth-order valence-electron chi connectivity index (χ4n) is 5.10. The molecule has 0 spiro atoms. The first-order chi connectivity index (χ1) is 16.5. The van der Waals surface area contributed by atoms with Crippen molar-refractivity contribution in [2.75, 3.05) is 11.5 Å². The van der Waals surface area contributed by atoms with Crippen LogP contribution in [-0.4, -0.2) is 46.2 Å². The Labute approximate surface area is 205 Å². The first-order valence-corrected chi connectivity index (χ1v) is 11.8. The number of hydrogen-bond acceptors (Lipinski definition) is 6. The van der Waals surface area contributed by atoms with Crippen molar-refractivity contribution in [3.05, 3.63) is 59.9 Å². The number of esters is 1. The molecule has 184 valence electrons. The Morgan fingerprint density at radius 3 is 2.29 bits per heavy atom. The summed E-state index contributed by atoms with van der Waals surface area (Å²) in [4.78, 5) is 59.1. The lowest BCUT2D eigenvalue weighted by Gasteiger charge is -2.28. The quantitative estimate of drug-likeness (QED) is 0.447. The summed E-state index contributed by atoms with van der Waals surface area (Å²) in [6, 6.07) is 8.86. The van der Waals surface area contributed by atoms with E-state index in [0.717, 1.165) is 10.5 Å². The van der Waals surface area contributed by atoms with Gasteiger partial charge in [-0.1, -0.05) is 33.8 Å². The summed E-state index contributed by atoms with van der Waals surface area (Å²) in [7, 11) is 0. The second kappa shape index (κ2) is 8.91. The normalized spacial score (nSPS) is 20.6.